The van der Waals surface area contributed by atoms with Crippen LogP contribution in [-0.4, -0.2) is 5.71 Å². The highest BCUT2D eigenvalue weighted by atomic mass is 14.4. The monoisotopic (exact) mass is 235 g/mol. The third-order valence-corrected chi connectivity index (χ3v) is 3.74. The van der Waals surface area contributed by atoms with E-state index in [0.717, 1.165) is 24.5 Å². The zero-order valence-corrected chi connectivity index (χ0v) is 11.5. The molecular formula is C16H29N. The number of hydrogen-bond donors (Lipinski definition) is 1. The first kappa shape index (κ1) is 14.5. The first-order valence-electron chi connectivity index (χ1n) is 7.54. The maximum absolute atomic E-state index is 7.60. The average Bonchev–Trinajstić information content (AvgIpc) is 2.73. The Bertz CT molecular complexity index is 230. The van der Waals surface area contributed by atoms with Crippen molar-refractivity contribution in [2.75, 3.05) is 0 Å². The van der Waals surface area contributed by atoms with E-state index in [9.17, 15) is 0 Å². The standard InChI is InChI=1S/C16H29N/c1-2-3-4-5-6-7-8-9-10-11-15-12-13-16(17)14-15/h4-5,15,17H,2-3,6-14H2,1H3/b5-4-,17-16?. The normalized spacial score (nSPS) is 20.5. The van der Waals surface area contributed by atoms with Gasteiger partial charge in [0.1, 0.15) is 0 Å². The minimum atomic E-state index is 0.854. The van der Waals surface area contributed by atoms with Gasteiger partial charge in [-0.3, -0.25) is 0 Å². The highest BCUT2D eigenvalue weighted by Crippen LogP contribution is 2.27. The lowest BCUT2D eigenvalue weighted by Crippen LogP contribution is -1.94. The number of nitrogens with one attached hydrogen (secondary N) is 1. The predicted octanol–water partition coefficient (Wildman–Crippen LogP) is 5.50. The molecule has 0 heterocycles. The molecule has 0 amide bonds. The first-order valence-corrected chi connectivity index (χ1v) is 7.54. The molecule has 0 spiro atoms. The van der Waals surface area contributed by atoms with Crippen LogP contribution in [0.1, 0.15) is 77.6 Å². The lowest BCUT2D eigenvalue weighted by Gasteiger charge is -2.07. The third kappa shape index (κ3) is 7.36. The van der Waals surface area contributed by atoms with Crippen molar-refractivity contribution in [3.8, 4) is 0 Å². The van der Waals surface area contributed by atoms with Crippen LogP contribution in [0.15, 0.2) is 12.2 Å². The highest BCUT2D eigenvalue weighted by molar-refractivity contribution is 5.83. The van der Waals surface area contributed by atoms with Crippen molar-refractivity contribution in [3.05, 3.63) is 12.2 Å². The molecule has 1 aliphatic rings. The summed E-state index contributed by atoms with van der Waals surface area (Å²) in [4.78, 5) is 0. The van der Waals surface area contributed by atoms with Gasteiger partial charge in [-0.2, -0.15) is 0 Å². The van der Waals surface area contributed by atoms with Crippen LogP contribution >= 0.6 is 0 Å². The van der Waals surface area contributed by atoms with E-state index in [0.29, 0.717) is 0 Å². The van der Waals surface area contributed by atoms with Crippen molar-refractivity contribution in [3.63, 3.8) is 0 Å². The summed E-state index contributed by atoms with van der Waals surface area (Å²) in [6.45, 7) is 2.23. The van der Waals surface area contributed by atoms with Crippen molar-refractivity contribution >= 4 is 5.71 Å². The van der Waals surface area contributed by atoms with Crippen molar-refractivity contribution in [1.29, 1.82) is 5.41 Å². The maximum Gasteiger partial charge on any atom is 0.00920 e. The van der Waals surface area contributed by atoms with Gasteiger partial charge in [-0.05, 0) is 44.4 Å². The first-order chi connectivity index (χ1) is 8.33. The zero-order valence-electron chi connectivity index (χ0n) is 11.5. The van der Waals surface area contributed by atoms with Crippen LogP contribution in [0, 0.1) is 11.3 Å². The number of hydrogen-bond acceptors (Lipinski definition) is 1. The van der Waals surface area contributed by atoms with Crippen LogP contribution in [-0.2, 0) is 0 Å². The van der Waals surface area contributed by atoms with E-state index in [1.54, 1.807) is 0 Å². The third-order valence-electron chi connectivity index (χ3n) is 3.74. The van der Waals surface area contributed by atoms with Gasteiger partial charge >= 0.3 is 0 Å². The molecule has 0 aromatic carbocycles. The smallest absolute Gasteiger partial charge is 0.00920 e. The van der Waals surface area contributed by atoms with Crippen molar-refractivity contribution in [2.24, 2.45) is 5.92 Å². The fraction of sp³-hybridized carbons (Fsp3) is 0.812. The lowest BCUT2D eigenvalue weighted by atomic mass is 9.99. The molecule has 1 saturated carbocycles. The molecule has 1 N–H and O–H groups in total. The van der Waals surface area contributed by atoms with Crippen LogP contribution in [0.4, 0.5) is 0 Å². The van der Waals surface area contributed by atoms with Gasteiger partial charge in [-0.15, -0.1) is 0 Å². The summed E-state index contributed by atoms with van der Waals surface area (Å²) in [5.74, 6) is 0.854. The van der Waals surface area contributed by atoms with Gasteiger partial charge < -0.3 is 5.41 Å². The quantitative estimate of drug-likeness (QED) is 0.403. The van der Waals surface area contributed by atoms with Gasteiger partial charge in [0.15, 0.2) is 0 Å². The van der Waals surface area contributed by atoms with Gasteiger partial charge in [-0.25, -0.2) is 0 Å². The Balaban J connectivity index is 1.83. The summed E-state index contributed by atoms with van der Waals surface area (Å²) in [5.41, 5.74) is 0.996. The summed E-state index contributed by atoms with van der Waals surface area (Å²) in [7, 11) is 0. The molecule has 98 valence electrons. The van der Waals surface area contributed by atoms with Crippen molar-refractivity contribution in [1.82, 2.24) is 0 Å². The summed E-state index contributed by atoms with van der Waals surface area (Å²) in [6.07, 6.45) is 18.8. The number of unbranched alkanes of at least 4 members (excludes halogenated alkanes) is 5. The van der Waals surface area contributed by atoms with Gasteiger partial charge in [-0.1, -0.05) is 51.2 Å². The van der Waals surface area contributed by atoms with E-state index in [4.69, 9.17) is 5.41 Å². The second-order valence-electron chi connectivity index (χ2n) is 5.46. The van der Waals surface area contributed by atoms with E-state index >= 15 is 0 Å². The van der Waals surface area contributed by atoms with E-state index in [-0.39, 0.29) is 0 Å². The molecule has 1 atom stereocenters. The van der Waals surface area contributed by atoms with Crippen molar-refractivity contribution in [2.45, 2.75) is 77.6 Å². The fourth-order valence-corrected chi connectivity index (χ4v) is 2.63. The summed E-state index contributed by atoms with van der Waals surface area (Å²) < 4.78 is 0. The van der Waals surface area contributed by atoms with E-state index in [2.05, 4.69) is 19.1 Å². The maximum atomic E-state index is 7.60. The fourth-order valence-electron chi connectivity index (χ4n) is 2.63. The second-order valence-corrected chi connectivity index (χ2v) is 5.46. The van der Waals surface area contributed by atoms with E-state index < -0.39 is 0 Å². The van der Waals surface area contributed by atoms with Crippen LogP contribution in [0.3, 0.4) is 0 Å². The zero-order chi connectivity index (χ0) is 12.3. The molecule has 1 unspecified atom stereocenters. The van der Waals surface area contributed by atoms with Crippen LogP contribution < -0.4 is 0 Å². The molecule has 1 rings (SSSR count). The van der Waals surface area contributed by atoms with Gasteiger partial charge in [0.05, 0.1) is 0 Å². The van der Waals surface area contributed by atoms with Crippen molar-refractivity contribution < 1.29 is 0 Å². The minimum Gasteiger partial charge on any atom is -0.310 e. The Hall–Kier alpha value is -0.590. The molecule has 0 aromatic rings. The molecule has 17 heavy (non-hydrogen) atoms. The predicted molar refractivity (Wildman–Crippen MR) is 76.8 cm³/mol. The molecule has 1 aliphatic carbocycles. The lowest BCUT2D eigenvalue weighted by molar-refractivity contribution is 0.472. The topological polar surface area (TPSA) is 23.9 Å². The molecule has 1 heteroatoms. The highest BCUT2D eigenvalue weighted by Gasteiger charge is 2.18. The Morgan fingerprint density at radius 2 is 1.88 bits per heavy atom. The average molecular weight is 235 g/mol. The minimum absolute atomic E-state index is 0.854. The Morgan fingerprint density at radius 3 is 2.59 bits per heavy atom. The van der Waals surface area contributed by atoms with E-state index in [1.165, 1.54) is 57.8 Å². The molecular weight excluding hydrogens is 206 g/mol. The number of allylic oxidation sites excluding steroid dienone is 2. The van der Waals surface area contributed by atoms with Gasteiger partial charge in [0, 0.05) is 5.71 Å². The molecule has 0 aliphatic heterocycles. The van der Waals surface area contributed by atoms with Crippen LogP contribution in [0.2, 0.25) is 0 Å². The molecule has 0 saturated heterocycles. The molecule has 1 nitrogen and oxygen atoms in total. The summed E-state index contributed by atoms with van der Waals surface area (Å²) in [6, 6.07) is 0. The van der Waals surface area contributed by atoms with Crippen LogP contribution in [0.5, 0.6) is 0 Å². The van der Waals surface area contributed by atoms with Gasteiger partial charge in [0.25, 0.3) is 0 Å². The Kier molecular flexibility index (Phi) is 8.04. The molecule has 0 aromatic heterocycles. The molecule has 0 bridgehead atoms. The van der Waals surface area contributed by atoms with E-state index in [1.807, 2.05) is 0 Å². The molecule has 1 fully saturated rings. The molecule has 0 radical (unpaired) electrons. The second kappa shape index (κ2) is 9.44. The summed E-state index contributed by atoms with van der Waals surface area (Å²) in [5, 5.41) is 7.60. The Labute approximate surface area is 107 Å². The Morgan fingerprint density at radius 1 is 1.12 bits per heavy atom. The largest absolute Gasteiger partial charge is 0.310 e. The van der Waals surface area contributed by atoms with Crippen LogP contribution in [0.25, 0.3) is 0 Å². The summed E-state index contributed by atoms with van der Waals surface area (Å²) >= 11 is 0. The number of rotatable bonds is 9. The van der Waals surface area contributed by atoms with Gasteiger partial charge in [0.2, 0.25) is 0 Å². The SMILES string of the molecule is CCC/C=C\CCCCCCC1CCC(=N)C1.